The Hall–Kier alpha value is -4.85. The van der Waals surface area contributed by atoms with Crippen molar-refractivity contribution in [2.45, 2.75) is 18.9 Å². The Kier molecular flexibility index (Phi) is 24.3. The van der Waals surface area contributed by atoms with Gasteiger partial charge in [-0.2, -0.15) is 0 Å². The SMILES string of the molecule is [N-]=[N+]=NCCOCCOCCOCCOCCC(=O)NCC(=O)NCC(=O)N[C@@H](Cc1ccccc1)C(=O)NCC(=O)NCOCC(=O)O. The standard InChI is InChI=1S/C29H44N8O12/c30-37-35-7-9-46-11-13-48-15-14-47-12-10-45-8-6-24(38)31-17-25(39)32-19-27(41)36-23(16-22-4-2-1-3-5-22)29(44)33-18-26(40)34-21-49-20-28(42)43/h1-5,23H,6-21H2,(H,31,38)(H,32,39)(H,33,44)(H,34,40)(H,36,41)(H,42,43)/t23-/m0/s1. The first-order valence-corrected chi connectivity index (χ1v) is 15.2. The van der Waals surface area contributed by atoms with Crippen molar-refractivity contribution in [1.29, 1.82) is 0 Å². The molecule has 1 rings (SSSR count). The molecule has 20 heteroatoms. The average Bonchev–Trinajstić information content (AvgIpc) is 3.09. The minimum atomic E-state index is -1.21. The first-order valence-electron chi connectivity index (χ1n) is 15.2. The molecule has 0 aromatic heterocycles. The minimum Gasteiger partial charge on any atom is -0.480 e. The summed E-state index contributed by atoms with van der Waals surface area (Å²) in [7, 11) is 0. The van der Waals surface area contributed by atoms with Gasteiger partial charge in [0.2, 0.25) is 29.5 Å². The number of benzene rings is 1. The number of carboxylic acid groups (broad SMARTS) is 1. The maximum absolute atomic E-state index is 12.8. The largest absolute Gasteiger partial charge is 0.480 e. The van der Waals surface area contributed by atoms with E-state index in [0.29, 0.717) is 39.6 Å². The lowest BCUT2D eigenvalue weighted by Gasteiger charge is -2.19. The second kappa shape index (κ2) is 28.2. The number of carboxylic acids is 1. The van der Waals surface area contributed by atoms with E-state index >= 15 is 0 Å². The molecule has 0 unspecified atom stereocenters. The molecular weight excluding hydrogens is 652 g/mol. The van der Waals surface area contributed by atoms with E-state index in [1.54, 1.807) is 30.3 Å². The molecule has 0 heterocycles. The van der Waals surface area contributed by atoms with Crippen molar-refractivity contribution in [1.82, 2.24) is 26.6 Å². The van der Waals surface area contributed by atoms with Crippen LogP contribution in [0.5, 0.6) is 0 Å². The number of hydrogen-bond donors (Lipinski definition) is 6. The fraction of sp³-hybridized carbons (Fsp3) is 0.586. The molecule has 1 aromatic rings. The topological polar surface area (TPSA) is 278 Å². The molecule has 0 saturated carbocycles. The molecular formula is C29H44N8O12. The Morgan fingerprint density at radius 3 is 1.88 bits per heavy atom. The van der Waals surface area contributed by atoms with Gasteiger partial charge in [0.25, 0.3) is 0 Å². The summed E-state index contributed by atoms with van der Waals surface area (Å²) < 4.78 is 25.9. The van der Waals surface area contributed by atoms with E-state index in [2.05, 4.69) is 36.6 Å². The first-order chi connectivity index (χ1) is 23.7. The van der Waals surface area contributed by atoms with Gasteiger partial charge in [0.05, 0.1) is 72.5 Å². The molecule has 0 spiro atoms. The molecule has 5 amide bonds. The maximum Gasteiger partial charge on any atom is 0.329 e. The van der Waals surface area contributed by atoms with Crippen LogP contribution in [0, 0.1) is 0 Å². The highest BCUT2D eigenvalue weighted by Gasteiger charge is 2.22. The molecule has 0 saturated heterocycles. The quantitative estimate of drug-likeness (QED) is 0.0175. The highest BCUT2D eigenvalue weighted by Crippen LogP contribution is 2.03. The van der Waals surface area contributed by atoms with E-state index in [4.69, 9.17) is 34.3 Å². The van der Waals surface area contributed by atoms with Crippen LogP contribution in [-0.4, -0.2) is 139 Å². The zero-order chi connectivity index (χ0) is 36.0. The zero-order valence-electron chi connectivity index (χ0n) is 27.1. The summed E-state index contributed by atoms with van der Waals surface area (Å²) in [6.45, 7) is 0.448. The molecule has 0 bridgehead atoms. The van der Waals surface area contributed by atoms with Crippen LogP contribution in [0.4, 0.5) is 0 Å². The van der Waals surface area contributed by atoms with Crippen LogP contribution in [0.25, 0.3) is 10.4 Å². The summed E-state index contributed by atoms with van der Waals surface area (Å²) in [5.41, 5.74) is 8.87. The van der Waals surface area contributed by atoms with Crippen molar-refractivity contribution in [3.63, 3.8) is 0 Å². The molecule has 6 N–H and O–H groups in total. The Morgan fingerprint density at radius 2 is 1.24 bits per heavy atom. The Balaban J connectivity index is 2.23. The number of nitrogens with zero attached hydrogens (tertiary/aromatic N) is 3. The van der Waals surface area contributed by atoms with E-state index < -0.39 is 61.2 Å². The van der Waals surface area contributed by atoms with Crippen molar-refractivity contribution in [2.24, 2.45) is 5.11 Å². The Morgan fingerprint density at radius 1 is 0.694 bits per heavy atom. The first kappa shape index (κ1) is 42.2. The average molecular weight is 697 g/mol. The maximum atomic E-state index is 12.8. The summed E-state index contributed by atoms with van der Waals surface area (Å²) in [6.07, 6.45) is 0.0908. The van der Waals surface area contributed by atoms with E-state index in [-0.39, 0.29) is 45.9 Å². The summed E-state index contributed by atoms with van der Waals surface area (Å²) >= 11 is 0. The van der Waals surface area contributed by atoms with Crippen LogP contribution >= 0.6 is 0 Å². The summed E-state index contributed by atoms with van der Waals surface area (Å²) in [5.74, 6) is -4.27. The molecule has 0 radical (unpaired) electrons. The fourth-order valence-electron chi connectivity index (χ4n) is 3.51. The monoisotopic (exact) mass is 696 g/mol. The summed E-state index contributed by atoms with van der Waals surface area (Å²) in [6, 6.07) is 7.70. The van der Waals surface area contributed by atoms with Crippen LogP contribution in [0.15, 0.2) is 35.4 Å². The minimum absolute atomic E-state index is 0.000213. The van der Waals surface area contributed by atoms with Crippen molar-refractivity contribution in [3.05, 3.63) is 46.3 Å². The van der Waals surface area contributed by atoms with E-state index in [1.165, 1.54) is 0 Å². The van der Waals surface area contributed by atoms with Crippen molar-refractivity contribution in [2.75, 3.05) is 92.4 Å². The highest BCUT2D eigenvalue weighted by atomic mass is 16.6. The normalized spacial score (nSPS) is 11.0. The number of nitrogens with one attached hydrogen (secondary N) is 5. The number of amides is 5. The lowest BCUT2D eigenvalue weighted by molar-refractivity contribution is -0.143. The van der Waals surface area contributed by atoms with Crippen LogP contribution in [-0.2, 0) is 58.9 Å². The van der Waals surface area contributed by atoms with Gasteiger partial charge in [0.15, 0.2) is 0 Å². The second-order valence-electron chi connectivity index (χ2n) is 9.72. The molecule has 1 atom stereocenters. The van der Waals surface area contributed by atoms with Crippen LogP contribution in [0.2, 0.25) is 0 Å². The number of rotatable bonds is 29. The number of carbonyl (C=O) groups excluding carboxylic acids is 5. The molecule has 20 nitrogen and oxygen atoms in total. The van der Waals surface area contributed by atoms with Gasteiger partial charge in [0.1, 0.15) is 19.4 Å². The fourth-order valence-corrected chi connectivity index (χ4v) is 3.51. The third-order valence-electron chi connectivity index (χ3n) is 5.84. The predicted molar refractivity (Wildman–Crippen MR) is 170 cm³/mol. The molecule has 49 heavy (non-hydrogen) atoms. The summed E-state index contributed by atoms with van der Waals surface area (Å²) in [5, 5.41) is 23.8. The molecule has 0 aliphatic heterocycles. The second-order valence-corrected chi connectivity index (χ2v) is 9.72. The third-order valence-corrected chi connectivity index (χ3v) is 5.84. The highest BCUT2D eigenvalue weighted by molar-refractivity contribution is 5.92. The van der Waals surface area contributed by atoms with Gasteiger partial charge in [-0.05, 0) is 11.1 Å². The van der Waals surface area contributed by atoms with E-state index in [1.807, 2.05) is 0 Å². The van der Waals surface area contributed by atoms with Crippen molar-refractivity contribution < 1.29 is 57.6 Å². The van der Waals surface area contributed by atoms with Gasteiger partial charge < -0.3 is 55.4 Å². The lowest BCUT2D eigenvalue weighted by atomic mass is 10.1. The van der Waals surface area contributed by atoms with Crippen molar-refractivity contribution >= 4 is 35.5 Å². The Bertz CT molecular complexity index is 1200. The van der Waals surface area contributed by atoms with Crippen molar-refractivity contribution in [3.8, 4) is 0 Å². The van der Waals surface area contributed by atoms with Crippen LogP contribution in [0.1, 0.15) is 12.0 Å². The van der Waals surface area contributed by atoms with Crippen LogP contribution < -0.4 is 26.6 Å². The van der Waals surface area contributed by atoms with Gasteiger partial charge in [-0.15, -0.1) is 0 Å². The number of carbonyl (C=O) groups is 6. The lowest BCUT2D eigenvalue weighted by Crippen LogP contribution is -2.52. The zero-order valence-corrected chi connectivity index (χ0v) is 27.1. The molecule has 0 aliphatic carbocycles. The Labute approximate surface area is 282 Å². The van der Waals surface area contributed by atoms with Gasteiger partial charge in [-0.3, -0.25) is 24.0 Å². The number of hydrogen-bond acceptors (Lipinski definition) is 12. The molecule has 1 aromatic carbocycles. The number of azide groups is 1. The van der Waals surface area contributed by atoms with Gasteiger partial charge >= 0.3 is 5.97 Å². The third kappa shape index (κ3) is 24.9. The van der Waals surface area contributed by atoms with Gasteiger partial charge in [-0.25, -0.2) is 4.79 Å². The van der Waals surface area contributed by atoms with Gasteiger partial charge in [0, 0.05) is 24.3 Å². The smallest absolute Gasteiger partial charge is 0.329 e. The number of ether oxygens (including phenoxy) is 5. The summed E-state index contributed by atoms with van der Waals surface area (Å²) in [4.78, 5) is 74.4. The predicted octanol–water partition coefficient (Wildman–Crippen LogP) is -2.00. The van der Waals surface area contributed by atoms with E-state index in [0.717, 1.165) is 5.56 Å². The molecule has 272 valence electrons. The van der Waals surface area contributed by atoms with Crippen LogP contribution in [0.3, 0.4) is 0 Å². The van der Waals surface area contributed by atoms with E-state index in [9.17, 15) is 28.8 Å². The van der Waals surface area contributed by atoms with Gasteiger partial charge in [-0.1, -0.05) is 35.4 Å². The molecule has 0 aliphatic rings. The molecule has 0 fully saturated rings. The number of aliphatic carboxylic acids is 1.